The van der Waals surface area contributed by atoms with Crippen LogP contribution >= 0.6 is 23.4 Å². The molecule has 2 aliphatic rings. The first kappa shape index (κ1) is 39.4. The van der Waals surface area contributed by atoms with Crippen LogP contribution in [0.2, 0.25) is 5.02 Å². The smallest absolute Gasteiger partial charge is 0.254 e. The second-order valence-corrected chi connectivity index (χ2v) is 14.5. The summed E-state index contributed by atoms with van der Waals surface area (Å²) in [6.07, 6.45) is 1.01. The molecule has 4 atom stereocenters. The third-order valence-electron chi connectivity index (χ3n) is 9.12. The summed E-state index contributed by atoms with van der Waals surface area (Å²) < 4.78 is 11.5. The van der Waals surface area contributed by atoms with Gasteiger partial charge in [0.1, 0.15) is 24.1 Å². The number of para-hydroxylation sites is 1. The number of rotatable bonds is 22. The van der Waals surface area contributed by atoms with Crippen LogP contribution in [0.15, 0.2) is 65.8 Å². The summed E-state index contributed by atoms with van der Waals surface area (Å²) in [4.78, 5) is 19.8. The summed E-state index contributed by atoms with van der Waals surface area (Å²) in [6, 6.07) is 16.1. The van der Waals surface area contributed by atoms with Crippen molar-refractivity contribution >= 4 is 29.3 Å². The molecular weight excluding hydrogens is 698 g/mol. The van der Waals surface area contributed by atoms with Crippen molar-refractivity contribution < 1.29 is 44.9 Å². The van der Waals surface area contributed by atoms with Gasteiger partial charge in [0.15, 0.2) is 6.10 Å². The molecule has 3 aromatic rings. The number of pyridine rings is 1. The van der Waals surface area contributed by atoms with Crippen LogP contribution in [-0.2, 0) is 21.6 Å². The highest BCUT2D eigenvalue weighted by Crippen LogP contribution is 2.50. The van der Waals surface area contributed by atoms with Crippen LogP contribution in [0.5, 0.6) is 5.75 Å². The Balaban J connectivity index is 1.19. The SMILES string of the molecule is O=C(C(O)C(O)C(O)C(O)CO)N(CCCSc1ccc(Cl)c(CNC2(c3cnccc3-c3ccccc3OC3CC3)CC2)c1)CCOCCO. The van der Waals surface area contributed by atoms with Gasteiger partial charge >= 0.3 is 0 Å². The van der Waals surface area contributed by atoms with E-state index in [-0.39, 0.29) is 44.6 Å². The Morgan fingerprint density at radius 1 is 1.02 bits per heavy atom. The Labute approximate surface area is 307 Å². The van der Waals surface area contributed by atoms with Gasteiger partial charge in [0, 0.05) is 53.0 Å². The number of carbonyl (C=O) groups is 1. The van der Waals surface area contributed by atoms with E-state index in [1.807, 2.05) is 42.7 Å². The number of aliphatic hydroxyl groups is 6. The number of aromatic nitrogens is 1. The minimum atomic E-state index is -2.03. The van der Waals surface area contributed by atoms with Crippen molar-refractivity contribution in [2.24, 2.45) is 0 Å². The van der Waals surface area contributed by atoms with Crippen LogP contribution in [0, 0.1) is 0 Å². The number of hydrogen-bond acceptors (Lipinski definition) is 12. The van der Waals surface area contributed by atoms with Gasteiger partial charge in [-0.1, -0.05) is 29.8 Å². The number of nitrogens with zero attached hydrogens (tertiary/aromatic N) is 2. The third-order valence-corrected chi connectivity index (χ3v) is 10.6. The van der Waals surface area contributed by atoms with Crippen LogP contribution in [0.25, 0.3) is 11.1 Å². The van der Waals surface area contributed by atoms with E-state index in [0.29, 0.717) is 23.7 Å². The number of hydrogen-bond donors (Lipinski definition) is 7. The molecule has 5 rings (SSSR count). The van der Waals surface area contributed by atoms with E-state index in [1.54, 1.807) is 11.8 Å². The van der Waals surface area contributed by atoms with Gasteiger partial charge in [-0.15, -0.1) is 11.8 Å². The molecule has 2 aliphatic carbocycles. The van der Waals surface area contributed by atoms with E-state index < -0.39 is 36.9 Å². The van der Waals surface area contributed by atoms with Gasteiger partial charge in [-0.3, -0.25) is 9.78 Å². The number of aliphatic hydroxyl groups excluding tert-OH is 6. The quantitative estimate of drug-likeness (QED) is 0.0590. The molecule has 1 heterocycles. The van der Waals surface area contributed by atoms with Gasteiger partial charge in [-0.2, -0.15) is 0 Å². The molecule has 278 valence electrons. The minimum Gasteiger partial charge on any atom is -0.490 e. The molecule has 0 spiro atoms. The largest absolute Gasteiger partial charge is 0.490 e. The molecule has 0 aliphatic heterocycles. The highest BCUT2D eigenvalue weighted by atomic mass is 35.5. The first-order valence-corrected chi connectivity index (χ1v) is 18.7. The number of thioether (sulfide) groups is 1. The van der Waals surface area contributed by atoms with Crippen LogP contribution in [0.1, 0.15) is 43.2 Å². The van der Waals surface area contributed by atoms with Crippen LogP contribution in [0.3, 0.4) is 0 Å². The van der Waals surface area contributed by atoms with Gasteiger partial charge in [-0.05, 0) is 84.9 Å². The molecule has 2 aromatic carbocycles. The van der Waals surface area contributed by atoms with Gasteiger partial charge in [-0.25, -0.2) is 0 Å². The maximum atomic E-state index is 13.1. The molecule has 2 fully saturated rings. The molecular formula is C37H48ClN3O9S. The summed E-state index contributed by atoms with van der Waals surface area (Å²) in [5.41, 5.74) is 4.03. The molecule has 1 amide bonds. The summed E-state index contributed by atoms with van der Waals surface area (Å²) in [5, 5.41) is 62.8. The zero-order valence-corrected chi connectivity index (χ0v) is 30.0. The van der Waals surface area contributed by atoms with E-state index in [2.05, 4.69) is 28.5 Å². The molecule has 0 radical (unpaired) electrons. The van der Waals surface area contributed by atoms with Crippen molar-refractivity contribution in [3.8, 4) is 16.9 Å². The number of benzene rings is 2. The van der Waals surface area contributed by atoms with E-state index in [9.17, 15) is 25.2 Å². The van der Waals surface area contributed by atoms with E-state index in [1.165, 1.54) is 4.90 Å². The fourth-order valence-corrected chi connectivity index (χ4v) is 6.93. The molecule has 12 nitrogen and oxygen atoms in total. The highest BCUT2D eigenvalue weighted by molar-refractivity contribution is 7.99. The number of ether oxygens (including phenoxy) is 2. The lowest BCUT2D eigenvalue weighted by atomic mass is 9.94. The van der Waals surface area contributed by atoms with Crippen molar-refractivity contribution in [1.29, 1.82) is 0 Å². The normalized spacial score (nSPS) is 17.4. The van der Waals surface area contributed by atoms with Crippen molar-refractivity contribution in [3.63, 3.8) is 0 Å². The lowest BCUT2D eigenvalue weighted by molar-refractivity contribution is -0.159. The Morgan fingerprint density at radius 3 is 2.53 bits per heavy atom. The Hall–Kier alpha value is -2.82. The molecule has 51 heavy (non-hydrogen) atoms. The molecule has 14 heteroatoms. The zero-order valence-electron chi connectivity index (χ0n) is 28.4. The van der Waals surface area contributed by atoms with Gasteiger partial charge in [0.05, 0.1) is 32.5 Å². The monoisotopic (exact) mass is 745 g/mol. The van der Waals surface area contributed by atoms with Crippen LogP contribution < -0.4 is 10.1 Å². The van der Waals surface area contributed by atoms with Gasteiger partial charge in [0.25, 0.3) is 5.91 Å². The summed E-state index contributed by atoms with van der Waals surface area (Å²) in [7, 11) is 0. The van der Waals surface area contributed by atoms with Crippen molar-refractivity contribution in [1.82, 2.24) is 15.2 Å². The van der Waals surface area contributed by atoms with Crippen molar-refractivity contribution in [3.05, 3.63) is 77.1 Å². The lowest BCUT2D eigenvalue weighted by Crippen LogP contribution is -2.53. The summed E-state index contributed by atoms with van der Waals surface area (Å²) in [5.74, 6) is 0.656. The molecule has 7 N–H and O–H groups in total. The maximum Gasteiger partial charge on any atom is 0.254 e. The topological polar surface area (TPSA) is 185 Å². The van der Waals surface area contributed by atoms with E-state index in [0.717, 1.165) is 58.6 Å². The van der Waals surface area contributed by atoms with Crippen molar-refractivity contribution in [2.45, 2.75) is 79.6 Å². The van der Waals surface area contributed by atoms with Gasteiger partial charge in [0.2, 0.25) is 0 Å². The predicted octanol–water partition coefficient (Wildman–Crippen LogP) is 2.48. The first-order valence-electron chi connectivity index (χ1n) is 17.3. The second-order valence-electron chi connectivity index (χ2n) is 13.0. The molecule has 0 bridgehead atoms. The average Bonchev–Trinajstić information content (AvgIpc) is 4.10. The fourth-order valence-electron chi connectivity index (χ4n) is 5.85. The number of carbonyl (C=O) groups excluding carboxylic acids is 1. The van der Waals surface area contributed by atoms with Gasteiger partial charge < -0.3 is 50.3 Å². The summed E-state index contributed by atoms with van der Waals surface area (Å²) >= 11 is 8.25. The number of amides is 1. The number of halogens is 1. The highest BCUT2D eigenvalue weighted by Gasteiger charge is 2.46. The first-order chi connectivity index (χ1) is 24.7. The molecule has 2 saturated carbocycles. The molecule has 0 saturated heterocycles. The standard InChI is InChI=1S/C37H48ClN3O9S/c38-30-9-8-26(51-19-3-14-41(15-17-49-18-16-42)36(48)35(47)34(46)33(45)31(44)23-43)20-24(30)21-40-37(11-12-37)29-22-39-13-10-27(29)28-4-1-2-5-32(28)50-25-6-7-25/h1-2,4-5,8-10,13,20,22,25,31,33-35,40,42-47H,3,6-7,11-12,14-19,21,23H2. The van der Waals surface area contributed by atoms with Crippen LogP contribution in [0.4, 0.5) is 0 Å². The molecule has 4 unspecified atom stereocenters. The molecule has 1 aromatic heterocycles. The fraction of sp³-hybridized carbons (Fsp3) is 0.514. The van der Waals surface area contributed by atoms with E-state index >= 15 is 0 Å². The zero-order chi connectivity index (χ0) is 36.4. The van der Waals surface area contributed by atoms with E-state index in [4.69, 9.17) is 31.3 Å². The van der Waals surface area contributed by atoms with Crippen LogP contribution in [-0.4, -0.2) is 122 Å². The average molecular weight is 746 g/mol. The predicted molar refractivity (Wildman–Crippen MR) is 193 cm³/mol. The second kappa shape index (κ2) is 18.8. The lowest BCUT2D eigenvalue weighted by Gasteiger charge is -2.30. The Kier molecular flexibility index (Phi) is 14.5. The Bertz CT molecular complexity index is 1580. The Morgan fingerprint density at radius 2 is 1.80 bits per heavy atom. The summed E-state index contributed by atoms with van der Waals surface area (Å²) in [6.45, 7) is -0.0479. The minimum absolute atomic E-state index is 0.0716. The number of nitrogens with one attached hydrogen (secondary N) is 1. The van der Waals surface area contributed by atoms with Crippen molar-refractivity contribution in [2.75, 3.05) is 45.3 Å². The maximum absolute atomic E-state index is 13.1. The third kappa shape index (κ3) is 10.6.